The minimum atomic E-state index is -0.0980. The highest BCUT2D eigenvalue weighted by Crippen LogP contribution is 2.17. The van der Waals surface area contributed by atoms with E-state index < -0.39 is 0 Å². The summed E-state index contributed by atoms with van der Waals surface area (Å²) in [7, 11) is 0. The maximum absolute atomic E-state index is 12.6. The van der Waals surface area contributed by atoms with Crippen LogP contribution in [-0.4, -0.2) is 51.5 Å². The Morgan fingerprint density at radius 1 is 1.56 bits per heavy atom. The van der Waals surface area contributed by atoms with Crippen molar-refractivity contribution in [1.29, 1.82) is 0 Å². The van der Waals surface area contributed by atoms with Gasteiger partial charge < -0.3 is 15.0 Å². The van der Waals surface area contributed by atoms with Gasteiger partial charge in [0.05, 0.1) is 48.7 Å². The fraction of sp³-hybridized carbons (Fsp3) is 0.588. The summed E-state index contributed by atoms with van der Waals surface area (Å²) in [6, 6.07) is -0.164. The molecular weight excluding hydrogens is 338 g/mol. The number of hydrogen-bond acceptors (Lipinski definition) is 5. The van der Waals surface area contributed by atoms with Crippen molar-refractivity contribution in [2.75, 3.05) is 19.7 Å². The number of rotatable bonds is 5. The highest BCUT2D eigenvalue weighted by atomic mass is 32.1. The van der Waals surface area contributed by atoms with E-state index in [-0.39, 0.29) is 18.2 Å². The number of ether oxygens (including phenoxy) is 1. The number of nitrogens with one attached hydrogen (secondary N) is 1. The van der Waals surface area contributed by atoms with Crippen molar-refractivity contribution < 1.29 is 9.53 Å². The van der Waals surface area contributed by atoms with Crippen LogP contribution in [0.15, 0.2) is 17.8 Å². The van der Waals surface area contributed by atoms with E-state index in [1.54, 1.807) is 11.3 Å². The molecule has 0 aliphatic carbocycles. The highest BCUT2D eigenvalue weighted by molar-refractivity contribution is 7.09. The molecule has 2 aromatic heterocycles. The lowest BCUT2D eigenvalue weighted by molar-refractivity contribution is -0.0240. The SMILES string of the molecule is CCc1nc(C(C)NC(=O)N2CCOC(Cn3cc(C)cn3)C2)cs1. The van der Waals surface area contributed by atoms with E-state index in [4.69, 9.17) is 4.74 Å². The second kappa shape index (κ2) is 7.97. The van der Waals surface area contributed by atoms with Gasteiger partial charge >= 0.3 is 6.03 Å². The van der Waals surface area contributed by atoms with E-state index in [1.807, 2.05) is 41.2 Å². The van der Waals surface area contributed by atoms with Gasteiger partial charge in [-0.2, -0.15) is 5.10 Å². The van der Waals surface area contributed by atoms with Gasteiger partial charge in [0.15, 0.2) is 0 Å². The first-order valence-corrected chi connectivity index (χ1v) is 9.53. The standard InChI is InChI=1S/C17H25N5O2S/c1-4-16-20-15(11-25-16)13(3)19-17(23)21-5-6-24-14(9-21)10-22-8-12(2)7-18-22/h7-8,11,13-14H,4-6,9-10H2,1-3H3,(H,19,23). The third kappa shape index (κ3) is 4.58. The maximum Gasteiger partial charge on any atom is 0.318 e. The molecule has 1 N–H and O–H groups in total. The summed E-state index contributed by atoms with van der Waals surface area (Å²) in [5.41, 5.74) is 2.04. The summed E-state index contributed by atoms with van der Waals surface area (Å²) >= 11 is 1.64. The van der Waals surface area contributed by atoms with E-state index in [1.165, 1.54) is 0 Å². The molecule has 0 bridgehead atoms. The number of thiazole rings is 1. The number of aryl methyl sites for hydroxylation is 2. The minimum Gasteiger partial charge on any atom is -0.373 e. The van der Waals surface area contributed by atoms with Gasteiger partial charge in [0.1, 0.15) is 0 Å². The van der Waals surface area contributed by atoms with E-state index in [9.17, 15) is 4.79 Å². The van der Waals surface area contributed by atoms with E-state index in [0.717, 1.165) is 22.7 Å². The lowest BCUT2D eigenvalue weighted by Gasteiger charge is -2.33. The Bertz CT molecular complexity index is 713. The predicted molar refractivity (Wildman–Crippen MR) is 96.7 cm³/mol. The van der Waals surface area contributed by atoms with Gasteiger partial charge in [-0.3, -0.25) is 4.68 Å². The largest absolute Gasteiger partial charge is 0.373 e. The zero-order chi connectivity index (χ0) is 17.8. The van der Waals surface area contributed by atoms with Crippen molar-refractivity contribution in [3.8, 4) is 0 Å². The molecule has 3 rings (SSSR count). The molecule has 136 valence electrons. The van der Waals surface area contributed by atoms with Crippen LogP contribution >= 0.6 is 11.3 Å². The number of hydrogen-bond donors (Lipinski definition) is 1. The first-order valence-electron chi connectivity index (χ1n) is 8.65. The molecule has 0 spiro atoms. The summed E-state index contributed by atoms with van der Waals surface area (Å²) in [6.45, 7) is 8.42. The van der Waals surface area contributed by atoms with Crippen LogP contribution in [0.4, 0.5) is 4.79 Å². The van der Waals surface area contributed by atoms with Crippen molar-refractivity contribution in [2.24, 2.45) is 0 Å². The van der Waals surface area contributed by atoms with Crippen LogP contribution in [0.2, 0.25) is 0 Å². The van der Waals surface area contributed by atoms with Crippen LogP contribution in [0.1, 0.15) is 36.2 Å². The molecule has 25 heavy (non-hydrogen) atoms. The monoisotopic (exact) mass is 363 g/mol. The molecule has 7 nitrogen and oxygen atoms in total. The third-order valence-corrected chi connectivity index (χ3v) is 5.25. The van der Waals surface area contributed by atoms with Gasteiger partial charge in [-0.1, -0.05) is 6.92 Å². The van der Waals surface area contributed by atoms with Crippen molar-refractivity contribution >= 4 is 17.4 Å². The fourth-order valence-corrected chi connectivity index (χ4v) is 3.66. The quantitative estimate of drug-likeness (QED) is 0.885. The molecular formula is C17H25N5O2S. The van der Waals surface area contributed by atoms with Crippen LogP contribution in [0.3, 0.4) is 0 Å². The van der Waals surface area contributed by atoms with E-state index in [0.29, 0.717) is 26.2 Å². The topological polar surface area (TPSA) is 72.3 Å². The molecule has 2 amide bonds. The Morgan fingerprint density at radius 2 is 2.40 bits per heavy atom. The molecule has 3 heterocycles. The Labute approximate surface area is 152 Å². The van der Waals surface area contributed by atoms with Crippen LogP contribution in [0.5, 0.6) is 0 Å². The van der Waals surface area contributed by atoms with Crippen molar-refractivity contribution in [1.82, 2.24) is 25.0 Å². The lowest BCUT2D eigenvalue weighted by Crippen LogP contribution is -2.51. The third-order valence-electron chi connectivity index (χ3n) is 4.23. The second-order valence-electron chi connectivity index (χ2n) is 6.37. The molecule has 0 aromatic carbocycles. The summed E-state index contributed by atoms with van der Waals surface area (Å²) in [5, 5.41) is 10.4. The number of aromatic nitrogens is 3. The average molecular weight is 363 g/mol. The first-order chi connectivity index (χ1) is 12.0. The second-order valence-corrected chi connectivity index (χ2v) is 7.31. The minimum absolute atomic E-state index is 0.0416. The van der Waals surface area contributed by atoms with Crippen LogP contribution < -0.4 is 5.32 Å². The van der Waals surface area contributed by atoms with Crippen LogP contribution in [0, 0.1) is 6.92 Å². The molecule has 0 saturated carbocycles. The first kappa shape index (κ1) is 17.9. The normalized spacial score (nSPS) is 19.0. The Kier molecular flexibility index (Phi) is 5.70. The summed E-state index contributed by atoms with van der Waals surface area (Å²) < 4.78 is 7.65. The summed E-state index contributed by atoms with van der Waals surface area (Å²) in [5.74, 6) is 0. The predicted octanol–water partition coefficient (Wildman–Crippen LogP) is 2.38. The van der Waals surface area contributed by atoms with Gasteiger partial charge in [-0.05, 0) is 25.8 Å². The highest BCUT2D eigenvalue weighted by Gasteiger charge is 2.26. The molecule has 1 aliphatic rings. The summed E-state index contributed by atoms with van der Waals surface area (Å²) in [4.78, 5) is 18.9. The zero-order valence-corrected chi connectivity index (χ0v) is 15.8. The molecule has 0 radical (unpaired) electrons. The number of carbonyl (C=O) groups is 1. The van der Waals surface area contributed by atoms with Gasteiger partial charge in [0.2, 0.25) is 0 Å². The molecule has 2 atom stereocenters. The smallest absolute Gasteiger partial charge is 0.318 e. The van der Waals surface area contributed by atoms with Gasteiger partial charge in [-0.25, -0.2) is 9.78 Å². The van der Waals surface area contributed by atoms with Crippen molar-refractivity contribution in [2.45, 2.75) is 45.9 Å². The number of nitrogens with zero attached hydrogens (tertiary/aromatic N) is 4. The van der Waals surface area contributed by atoms with Crippen LogP contribution in [-0.2, 0) is 17.7 Å². The average Bonchev–Trinajstić information content (AvgIpc) is 3.24. The molecule has 2 aromatic rings. The van der Waals surface area contributed by atoms with Gasteiger partial charge in [0.25, 0.3) is 0 Å². The summed E-state index contributed by atoms with van der Waals surface area (Å²) in [6.07, 6.45) is 4.69. The molecule has 1 saturated heterocycles. The Balaban J connectivity index is 1.54. The number of amides is 2. The lowest BCUT2D eigenvalue weighted by atomic mass is 10.2. The van der Waals surface area contributed by atoms with Gasteiger partial charge in [-0.15, -0.1) is 11.3 Å². The molecule has 2 unspecified atom stereocenters. The maximum atomic E-state index is 12.6. The molecule has 8 heteroatoms. The Morgan fingerprint density at radius 3 is 3.08 bits per heavy atom. The van der Waals surface area contributed by atoms with Crippen molar-refractivity contribution in [3.05, 3.63) is 34.0 Å². The number of carbonyl (C=O) groups excluding carboxylic acids is 1. The van der Waals surface area contributed by atoms with Crippen LogP contribution in [0.25, 0.3) is 0 Å². The Hall–Kier alpha value is -1.93. The van der Waals surface area contributed by atoms with E-state index in [2.05, 4.69) is 22.3 Å². The number of urea groups is 1. The number of morpholine rings is 1. The molecule has 1 aliphatic heterocycles. The molecule has 1 fully saturated rings. The fourth-order valence-electron chi connectivity index (χ4n) is 2.83. The zero-order valence-electron chi connectivity index (χ0n) is 14.9. The van der Waals surface area contributed by atoms with Gasteiger partial charge in [0, 0.05) is 18.1 Å². The van der Waals surface area contributed by atoms with Crippen molar-refractivity contribution in [3.63, 3.8) is 0 Å². The van der Waals surface area contributed by atoms with E-state index >= 15 is 0 Å².